The van der Waals surface area contributed by atoms with E-state index in [0.29, 0.717) is 13.2 Å². The van der Waals surface area contributed by atoms with Crippen LogP contribution in [0.25, 0.3) is 0 Å². The molecule has 1 aliphatic rings. The maximum Gasteiger partial charge on any atom is 0.191 e. The van der Waals surface area contributed by atoms with Gasteiger partial charge in [0.2, 0.25) is 0 Å². The van der Waals surface area contributed by atoms with Crippen LogP contribution in [0.1, 0.15) is 13.3 Å². The summed E-state index contributed by atoms with van der Waals surface area (Å²) in [4.78, 5) is 6.82. The van der Waals surface area contributed by atoms with Gasteiger partial charge in [-0.25, -0.2) is 8.42 Å². The molecule has 170 valence electrons. The van der Waals surface area contributed by atoms with Gasteiger partial charge >= 0.3 is 0 Å². The van der Waals surface area contributed by atoms with Gasteiger partial charge in [0.05, 0.1) is 39.7 Å². The van der Waals surface area contributed by atoms with Gasteiger partial charge in [0.1, 0.15) is 21.3 Å². The monoisotopic (exact) mass is 442 g/mol. The Morgan fingerprint density at radius 3 is 2.50 bits per heavy atom. The number of hydrogen-bond acceptors (Lipinski definition) is 7. The van der Waals surface area contributed by atoms with Gasteiger partial charge in [0.25, 0.3) is 0 Å². The first-order valence-electron chi connectivity index (χ1n) is 10.1. The van der Waals surface area contributed by atoms with Crippen LogP contribution in [0.4, 0.5) is 5.69 Å². The molecule has 0 spiro atoms. The highest BCUT2D eigenvalue weighted by Crippen LogP contribution is 2.30. The summed E-state index contributed by atoms with van der Waals surface area (Å²) >= 11 is 0. The smallest absolute Gasteiger partial charge is 0.191 e. The van der Waals surface area contributed by atoms with Gasteiger partial charge in [-0.3, -0.25) is 4.99 Å². The van der Waals surface area contributed by atoms with Crippen LogP contribution in [0.2, 0.25) is 0 Å². The van der Waals surface area contributed by atoms with Crippen molar-refractivity contribution in [3.8, 4) is 11.5 Å². The molecule has 1 aromatic carbocycles. The summed E-state index contributed by atoms with van der Waals surface area (Å²) in [5.41, 5.74) is 1.07. The summed E-state index contributed by atoms with van der Waals surface area (Å²) in [6.07, 6.45) is 2.18. The zero-order valence-electron chi connectivity index (χ0n) is 18.3. The Hall–Kier alpha value is -2.20. The molecule has 1 fully saturated rings. The third kappa shape index (κ3) is 8.27. The minimum absolute atomic E-state index is 0.0298. The average Bonchev–Trinajstić information content (AvgIpc) is 3.18. The topological polar surface area (TPSA) is 101 Å². The van der Waals surface area contributed by atoms with Gasteiger partial charge in [-0.05, 0) is 13.3 Å². The van der Waals surface area contributed by atoms with E-state index < -0.39 is 9.84 Å². The second-order valence-electron chi connectivity index (χ2n) is 7.15. The molecule has 0 amide bonds. The number of ether oxygens (including phenoxy) is 3. The molecule has 9 nitrogen and oxygen atoms in total. The van der Waals surface area contributed by atoms with E-state index in [1.807, 2.05) is 25.1 Å². The highest BCUT2D eigenvalue weighted by molar-refractivity contribution is 7.90. The lowest BCUT2D eigenvalue weighted by atomic mass is 10.2. The Balaban J connectivity index is 1.86. The zero-order valence-corrected chi connectivity index (χ0v) is 19.1. The molecule has 2 N–H and O–H groups in total. The van der Waals surface area contributed by atoms with Gasteiger partial charge < -0.3 is 29.7 Å². The third-order valence-corrected chi connectivity index (χ3v) is 5.59. The van der Waals surface area contributed by atoms with E-state index in [1.54, 1.807) is 14.2 Å². The summed E-state index contributed by atoms with van der Waals surface area (Å²) in [5, 5.41) is 6.72. The van der Waals surface area contributed by atoms with Crippen molar-refractivity contribution >= 4 is 21.5 Å². The Bertz CT molecular complexity index is 778. The van der Waals surface area contributed by atoms with E-state index in [0.717, 1.165) is 49.2 Å². The number of aliphatic imine (C=N–C) groups is 1. The largest absolute Gasteiger partial charge is 0.497 e. The molecule has 1 aliphatic heterocycles. The van der Waals surface area contributed by atoms with Crippen LogP contribution in [0, 0.1) is 0 Å². The van der Waals surface area contributed by atoms with Crippen molar-refractivity contribution < 1.29 is 22.6 Å². The summed E-state index contributed by atoms with van der Waals surface area (Å²) < 4.78 is 38.3. The van der Waals surface area contributed by atoms with Crippen LogP contribution in [-0.4, -0.2) is 86.0 Å². The predicted molar refractivity (Wildman–Crippen MR) is 120 cm³/mol. The Kier molecular flexibility index (Phi) is 9.51. The zero-order chi connectivity index (χ0) is 22.0. The van der Waals surface area contributed by atoms with E-state index in [2.05, 4.69) is 20.5 Å². The molecule has 0 radical (unpaired) electrons. The van der Waals surface area contributed by atoms with Crippen LogP contribution in [0.15, 0.2) is 23.2 Å². The molecule has 1 saturated heterocycles. The summed E-state index contributed by atoms with van der Waals surface area (Å²) in [6, 6.07) is 6.14. The first-order chi connectivity index (χ1) is 14.3. The molecule has 1 aromatic rings. The highest BCUT2D eigenvalue weighted by atomic mass is 32.2. The molecular formula is C20H34N4O5S. The molecule has 1 atom stereocenters. The molecule has 1 unspecified atom stereocenters. The van der Waals surface area contributed by atoms with E-state index in [-0.39, 0.29) is 18.4 Å². The van der Waals surface area contributed by atoms with Gasteiger partial charge in [0, 0.05) is 55.8 Å². The Labute approximate surface area is 179 Å². The lowest BCUT2D eigenvalue weighted by Crippen LogP contribution is -2.44. The van der Waals surface area contributed by atoms with Crippen molar-refractivity contribution in [2.45, 2.75) is 19.4 Å². The predicted octanol–water partition coefficient (Wildman–Crippen LogP) is 0.899. The number of nitrogens with one attached hydrogen (secondary N) is 2. The number of nitrogens with zero attached hydrogens (tertiary/aromatic N) is 2. The number of rotatable bonds is 11. The number of benzene rings is 1. The number of methoxy groups -OCH3 is 2. The fraction of sp³-hybridized carbons (Fsp3) is 0.650. The van der Waals surface area contributed by atoms with Crippen molar-refractivity contribution in [2.75, 3.05) is 70.5 Å². The molecular weight excluding hydrogens is 408 g/mol. The van der Waals surface area contributed by atoms with E-state index in [4.69, 9.17) is 14.2 Å². The van der Waals surface area contributed by atoms with E-state index in [9.17, 15) is 8.42 Å². The first-order valence-corrected chi connectivity index (χ1v) is 12.2. The van der Waals surface area contributed by atoms with Crippen molar-refractivity contribution in [3.63, 3.8) is 0 Å². The molecule has 0 aromatic heterocycles. The number of guanidine groups is 1. The summed E-state index contributed by atoms with van der Waals surface area (Å²) in [6.45, 7) is 5.57. The van der Waals surface area contributed by atoms with Crippen molar-refractivity contribution in [3.05, 3.63) is 18.2 Å². The summed E-state index contributed by atoms with van der Waals surface area (Å²) in [5.74, 6) is 2.31. The fourth-order valence-electron chi connectivity index (χ4n) is 3.14. The normalized spacial score (nSPS) is 17.1. The van der Waals surface area contributed by atoms with E-state index >= 15 is 0 Å². The van der Waals surface area contributed by atoms with Gasteiger partial charge in [-0.2, -0.15) is 0 Å². The highest BCUT2D eigenvalue weighted by Gasteiger charge is 2.24. The fourth-order valence-corrected chi connectivity index (χ4v) is 3.56. The maximum absolute atomic E-state index is 11.1. The van der Waals surface area contributed by atoms with Crippen molar-refractivity contribution in [1.82, 2.24) is 10.6 Å². The summed E-state index contributed by atoms with van der Waals surface area (Å²) in [7, 11) is 0.304. The lowest BCUT2D eigenvalue weighted by Gasteiger charge is -2.21. The van der Waals surface area contributed by atoms with Crippen LogP contribution in [0.3, 0.4) is 0 Å². The number of sulfone groups is 1. The second kappa shape index (κ2) is 11.8. The van der Waals surface area contributed by atoms with E-state index in [1.165, 1.54) is 6.26 Å². The van der Waals surface area contributed by atoms with Gasteiger partial charge in [-0.1, -0.05) is 0 Å². The first kappa shape index (κ1) is 24.1. The molecule has 10 heteroatoms. The second-order valence-corrected chi connectivity index (χ2v) is 9.41. The lowest BCUT2D eigenvalue weighted by molar-refractivity contribution is 0.157. The van der Waals surface area contributed by atoms with Gasteiger partial charge in [0.15, 0.2) is 5.96 Å². The van der Waals surface area contributed by atoms with Crippen molar-refractivity contribution in [2.24, 2.45) is 4.99 Å². The SMILES string of the molecule is CCNC(=NCCOCCS(C)(=O)=O)NC1CCN(c2cc(OC)cc(OC)c2)C1. The van der Waals surface area contributed by atoms with Gasteiger partial charge in [-0.15, -0.1) is 0 Å². The maximum atomic E-state index is 11.1. The third-order valence-electron chi connectivity index (χ3n) is 4.68. The Morgan fingerprint density at radius 2 is 1.90 bits per heavy atom. The van der Waals surface area contributed by atoms with Crippen LogP contribution >= 0.6 is 0 Å². The molecule has 1 heterocycles. The molecule has 0 saturated carbocycles. The average molecular weight is 443 g/mol. The van der Waals surface area contributed by atoms with Crippen LogP contribution in [-0.2, 0) is 14.6 Å². The number of anilines is 1. The molecule has 30 heavy (non-hydrogen) atoms. The van der Waals surface area contributed by atoms with Crippen LogP contribution < -0.4 is 25.0 Å². The quantitative estimate of drug-likeness (QED) is 0.296. The standard InChI is InChI=1S/C20H34N4O5S/c1-5-21-20(22-7-9-29-10-11-30(4,25)26)23-16-6-8-24(15-16)17-12-18(27-2)14-19(13-17)28-3/h12-14,16H,5-11,15H2,1-4H3,(H2,21,22,23). The number of hydrogen-bond donors (Lipinski definition) is 2. The molecule has 0 aliphatic carbocycles. The minimum Gasteiger partial charge on any atom is -0.497 e. The molecule has 2 rings (SSSR count). The van der Waals surface area contributed by atoms with Crippen LogP contribution in [0.5, 0.6) is 11.5 Å². The molecule has 0 bridgehead atoms. The minimum atomic E-state index is -3.00. The Morgan fingerprint density at radius 1 is 1.20 bits per heavy atom. The van der Waals surface area contributed by atoms with Crippen molar-refractivity contribution in [1.29, 1.82) is 0 Å².